The molecule has 33 heavy (non-hydrogen) atoms. The number of benzene rings is 2. The molecule has 2 aromatic rings. The van der Waals surface area contributed by atoms with Gasteiger partial charge in [-0.25, -0.2) is 18.0 Å². The van der Waals surface area contributed by atoms with Gasteiger partial charge in [0, 0.05) is 10.1 Å². The molecule has 0 aromatic heterocycles. The number of carboxylic acid groups (broad SMARTS) is 1. The zero-order chi connectivity index (χ0) is 23.9. The number of amides is 2. The Balaban J connectivity index is 1.57. The second-order valence-electron chi connectivity index (χ2n) is 8.29. The number of nitrogens with zero attached hydrogens (tertiary/aromatic N) is 2. The fraction of sp³-hybridized carbons (Fsp3) is 0.364. The number of carbonyl (C=O) groups is 2. The van der Waals surface area contributed by atoms with Gasteiger partial charge in [-0.05, 0) is 72.2 Å². The highest BCUT2D eigenvalue weighted by atomic mass is 127. The monoisotopic (exact) mass is 575 g/mol. The van der Waals surface area contributed by atoms with Crippen molar-refractivity contribution in [3.05, 3.63) is 56.9 Å². The molecule has 2 aromatic carbocycles. The Morgan fingerprint density at radius 1 is 1.09 bits per heavy atom. The lowest BCUT2D eigenvalue weighted by Gasteiger charge is -2.54. The molecule has 0 aliphatic carbocycles. The minimum atomic E-state index is -1.43. The molecular weight excluding hydrogens is 554 g/mol. The van der Waals surface area contributed by atoms with E-state index in [4.69, 9.17) is 0 Å². The van der Waals surface area contributed by atoms with Gasteiger partial charge in [-0.3, -0.25) is 4.79 Å². The van der Waals surface area contributed by atoms with Gasteiger partial charge in [0.05, 0.1) is 36.1 Å². The van der Waals surface area contributed by atoms with Gasteiger partial charge in [-0.2, -0.15) is 0 Å². The van der Waals surface area contributed by atoms with Crippen molar-refractivity contribution < 1.29 is 33.0 Å². The number of hydrogen-bond acceptors (Lipinski definition) is 4. The number of aliphatic hydroxyl groups is 1. The van der Waals surface area contributed by atoms with Gasteiger partial charge in [0.1, 0.15) is 11.4 Å². The van der Waals surface area contributed by atoms with Crippen molar-refractivity contribution in [1.29, 1.82) is 0 Å². The summed E-state index contributed by atoms with van der Waals surface area (Å²) in [7, 11) is 0. The van der Waals surface area contributed by atoms with Crippen molar-refractivity contribution in [1.82, 2.24) is 9.80 Å². The topological polar surface area (TPSA) is 93.1 Å². The van der Waals surface area contributed by atoms with Crippen molar-refractivity contribution in [2.24, 2.45) is 0 Å². The molecule has 0 radical (unpaired) electrons. The van der Waals surface area contributed by atoms with Gasteiger partial charge in [-0.15, -0.1) is 0 Å². The molecule has 0 spiro atoms. The van der Waals surface area contributed by atoms with Gasteiger partial charge in [-0.1, -0.05) is 0 Å². The normalized spacial score (nSPS) is 19.7. The van der Waals surface area contributed by atoms with E-state index in [1.165, 1.54) is 21.9 Å². The molecule has 176 valence electrons. The Bertz CT molecular complexity index is 1110. The van der Waals surface area contributed by atoms with Crippen molar-refractivity contribution in [2.75, 3.05) is 25.0 Å². The molecule has 2 amide bonds. The highest BCUT2D eigenvalue weighted by Gasteiger charge is 2.53. The second-order valence-corrected chi connectivity index (χ2v) is 9.53. The van der Waals surface area contributed by atoms with Crippen LogP contribution in [0, 0.1) is 21.0 Å². The first-order valence-corrected chi connectivity index (χ1v) is 11.4. The zero-order valence-corrected chi connectivity index (χ0v) is 19.5. The van der Waals surface area contributed by atoms with Crippen molar-refractivity contribution >= 4 is 46.0 Å². The van der Waals surface area contributed by atoms with Crippen LogP contribution in [-0.4, -0.2) is 63.3 Å². The van der Waals surface area contributed by atoms with Crippen LogP contribution in [0.1, 0.15) is 29.6 Å². The minimum Gasteiger partial charge on any atom is -0.465 e. The summed E-state index contributed by atoms with van der Waals surface area (Å²) in [5, 5.41) is 22.9. The molecule has 2 heterocycles. The van der Waals surface area contributed by atoms with Crippen LogP contribution in [0.2, 0.25) is 0 Å². The van der Waals surface area contributed by atoms with Gasteiger partial charge in [0.15, 0.2) is 11.6 Å². The number of anilines is 2. The van der Waals surface area contributed by atoms with Gasteiger partial charge in [0.2, 0.25) is 0 Å². The fourth-order valence-electron chi connectivity index (χ4n) is 4.44. The van der Waals surface area contributed by atoms with Crippen molar-refractivity contribution in [3.63, 3.8) is 0 Å². The lowest BCUT2D eigenvalue weighted by Crippen LogP contribution is -2.72. The third-order valence-corrected chi connectivity index (χ3v) is 6.77. The molecule has 2 saturated heterocycles. The highest BCUT2D eigenvalue weighted by Crippen LogP contribution is 2.36. The number of hydrogen-bond donors (Lipinski definition) is 3. The summed E-state index contributed by atoms with van der Waals surface area (Å²) >= 11 is 1.90. The first-order valence-electron chi connectivity index (χ1n) is 10.3. The van der Waals surface area contributed by atoms with E-state index in [1.807, 2.05) is 22.6 Å². The SMILES string of the molecule is O=C(c1ccc(F)c(F)c1Nc1ccc(I)cc1F)N1CC(O)([C@H]2CCCCN2C(=O)O)C1. The lowest BCUT2D eigenvalue weighted by atomic mass is 9.80. The second kappa shape index (κ2) is 9.01. The number of nitrogens with one attached hydrogen (secondary N) is 1. The predicted molar refractivity (Wildman–Crippen MR) is 122 cm³/mol. The summed E-state index contributed by atoms with van der Waals surface area (Å²) in [5.41, 5.74) is -2.30. The van der Waals surface area contributed by atoms with E-state index in [0.717, 1.165) is 18.6 Å². The van der Waals surface area contributed by atoms with E-state index in [1.54, 1.807) is 6.07 Å². The molecule has 7 nitrogen and oxygen atoms in total. The third-order valence-electron chi connectivity index (χ3n) is 6.10. The van der Waals surface area contributed by atoms with Crippen LogP contribution in [-0.2, 0) is 0 Å². The van der Waals surface area contributed by atoms with Crippen LogP contribution in [0.4, 0.5) is 29.3 Å². The third kappa shape index (κ3) is 4.47. The number of piperidine rings is 1. The maximum absolute atomic E-state index is 14.6. The molecule has 2 fully saturated rings. The van der Waals surface area contributed by atoms with Gasteiger partial charge < -0.3 is 25.3 Å². The van der Waals surface area contributed by atoms with Crippen LogP contribution < -0.4 is 5.32 Å². The van der Waals surface area contributed by atoms with E-state index in [2.05, 4.69) is 5.32 Å². The molecule has 2 aliphatic heterocycles. The Kier molecular flexibility index (Phi) is 6.45. The van der Waals surface area contributed by atoms with Crippen LogP contribution in [0.3, 0.4) is 0 Å². The summed E-state index contributed by atoms with van der Waals surface area (Å²) in [4.78, 5) is 27.1. The van der Waals surface area contributed by atoms with Gasteiger partial charge >= 0.3 is 6.09 Å². The van der Waals surface area contributed by atoms with Gasteiger partial charge in [0.25, 0.3) is 5.91 Å². The summed E-state index contributed by atoms with van der Waals surface area (Å²) in [6, 6.07) is 5.36. The van der Waals surface area contributed by atoms with E-state index >= 15 is 0 Å². The predicted octanol–water partition coefficient (Wildman–Crippen LogP) is 4.17. The Morgan fingerprint density at radius 2 is 1.82 bits per heavy atom. The molecule has 2 aliphatic rings. The largest absolute Gasteiger partial charge is 0.465 e. The Morgan fingerprint density at radius 3 is 2.48 bits per heavy atom. The molecule has 0 saturated carbocycles. The molecule has 3 N–H and O–H groups in total. The maximum atomic E-state index is 14.6. The van der Waals surface area contributed by atoms with Crippen LogP contribution in [0.15, 0.2) is 30.3 Å². The van der Waals surface area contributed by atoms with Crippen LogP contribution in [0.5, 0.6) is 0 Å². The quantitative estimate of drug-likeness (QED) is 0.477. The van der Waals surface area contributed by atoms with E-state index in [9.17, 15) is 33.0 Å². The number of halogens is 4. The summed E-state index contributed by atoms with van der Waals surface area (Å²) in [6.45, 7) is -0.0116. The first-order chi connectivity index (χ1) is 15.6. The number of likely N-dealkylation sites (tertiary alicyclic amines) is 2. The molecule has 11 heteroatoms. The molecule has 0 unspecified atom stereocenters. The summed E-state index contributed by atoms with van der Waals surface area (Å²) in [5.74, 6) is -3.93. The summed E-state index contributed by atoms with van der Waals surface area (Å²) < 4.78 is 43.5. The van der Waals surface area contributed by atoms with Crippen molar-refractivity contribution in [2.45, 2.75) is 30.9 Å². The first kappa shape index (κ1) is 23.6. The molecule has 4 rings (SSSR count). The average Bonchev–Trinajstić information content (AvgIpc) is 2.76. The summed E-state index contributed by atoms with van der Waals surface area (Å²) in [6.07, 6.45) is 0.781. The van der Waals surface area contributed by atoms with Crippen molar-refractivity contribution in [3.8, 4) is 0 Å². The number of rotatable bonds is 4. The van der Waals surface area contributed by atoms with Crippen LogP contribution >= 0.6 is 22.6 Å². The molecular formula is C22H21F3IN3O4. The van der Waals surface area contributed by atoms with Crippen LogP contribution in [0.25, 0.3) is 0 Å². The average molecular weight is 575 g/mol. The van der Waals surface area contributed by atoms with E-state index in [0.29, 0.717) is 23.0 Å². The molecule has 0 bridgehead atoms. The molecule has 1 atom stereocenters. The fourth-order valence-corrected chi connectivity index (χ4v) is 4.89. The number of β-amino-alcohol motifs (C(OH)–C–C–N with tert-alkyl or cyclic N) is 1. The van der Waals surface area contributed by atoms with E-state index < -0.39 is 46.8 Å². The Labute approximate surface area is 201 Å². The highest BCUT2D eigenvalue weighted by molar-refractivity contribution is 14.1. The maximum Gasteiger partial charge on any atom is 0.407 e. The standard InChI is InChI=1S/C22H21F3IN3O4/c23-14-6-5-13(19(18(14)25)27-16-7-4-12(26)9-15(16)24)20(30)28-10-22(33,11-28)17-3-1-2-8-29(17)21(31)32/h4-7,9,17,27,33H,1-3,8,10-11H2,(H,31,32)/t17-/m1/s1. The number of carbonyl (C=O) groups excluding carboxylic acids is 1. The zero-order valence-electron chi connectivity index (χ0n) is 17.3. The smallest absolute Gasteiger partial charge is 0.407 e. The van der Waals surface area contributed by atoms with E-state index in [-0.39, 0.29) is 24.3 Å². The minimum absolute atomic E-state index is 0.131. The Hall–Kier alpha value is -2.54. The lowest BCUT2D eigenvalue weighted by molar-refractivity contribution is -0.133.